The number of hydrogen-bond acceptors (Lipinski definition) is 2. The largest absolute Gasteiger partial charge is 0.312 e. The van der Waals surface area contributed by atoms with E-state index in [-0.39, 0.29) is 0 Å². The molecule has 20 heavy (non-hydrogen) atoms. The van der Waals surface area contributed by atoms with Crippen LogP contribution in [0.2, 0.25) is 0 Å². The van der Waals surface area contributed by atoms with Gasteiger partial charge in [-0.1, -0.05) is 25.5 Å². The maximum atomic E-state index is 4.55. The third kappa shape index (κ3) is 2.71. The smallest absolute Gasteiger partial charge is 0.0705 e. The summed E-state index contributed by atoms with van der Waals surface area (Å²) in [6, 6.07) is 10.8. The van der Waals surface area contributed by atoms with Crippen LogP contribution in [0.3, 0.4) is 0 Å². The van der Waals surface area contributed by atoms with E-state index < -0.39 is 0 Å². The van der Waals surface area contributed by atoms with Crippen molar-refractivity contribution in [3.05, 3.63) is 41.6 Å². The lowest BCUT2D eigenvalue weighted by Crippen LogP contribution is -2.39. The summed E-state index contributed by atoms with van der Waals surface area (Å²) in [5, 5.41) is 4.89. The van der Waals surface area contributed by atoms with E-state index >= 15 is 0 Å². The van der Waals surface area contributed by atoms with E-state index in [4.69, 9.17) is 0 Å². The Balaban J connectivity index is 1.64. The Kier molecular flexibility index (Phi) is 3.75. The molecule has 1 fully saturated rings. The minimum Gasteiger partial charge on any atom is -0.312 e. The highest BCUT2D eigenvalue weighted by Crippen LogP contribution is 2.43. The van der Waals surface area contributed by atoms with Crippen LogP contribution in [0.5, 0.6) is 0 Å². The first kappa shape index (κ1) is 13.6. The Morgan fingerprint density at radius 3 is 2.75 bits per heavy atom. The van der Waals surface area contributed by atoms with Crippen LogP contribution in [-0.2, 0) is 6.54 Å². The number of aryl methyl sites for hydroxylation is 1. The summed E-state index contributed by atoms with van der Waals surface area (Å²) < 4.78 is 0. The van der Waals surface area contributed by atoms with Crippen molar-refractivity contribution < 1.29 is 0 Å². The number of hydrogen-bond donors (Lipinski definition) is 1. The van der Waals surface area contributed by atoms with Gasteiger partial charge in [0.2, 0.25) is 0 Å². The fourth-order valence-corrected chi connectivity index (χ4v) is 3.19. The Labute approximate surface area is 121 Å². The zero-order valence-corrected chi connectivity index (χ0v) is 12.6. The monoisotopic (exact) mass is 268 g/mol. The average molecular weight is 268 g/mol. The van der Waals surface area contributed by atoms with Crippen LogP contribution < -0.4 is 5.32 Å². The predicted molar refractivity (Wildman–Crippen MR) is 84.8 cm³/mol. The van der Waals surface area contributed by atoms with E-state index in [9.17, 15) is 0 Å². The maximum absolute atomic E-state index is 4.55. The SMILES string of the molecule is CCC1(CNCc2ccc3nc(C)ccc3c2)CCC1. The summed E-state index contributed by atoms with van der Waals surface area (Å²) >= 11 is 0. The van der Waals surface area contributed by atoms with Gasteiger partial charge in [-0.25, -0.2) is 0 Å². The highest BCUT2D eigenvalue weighted by atomic mass is 14.9. The van der Waals surface area contributed by atoms with Gasteiger partial charge in [-0.15, -0.1) is 0 Å². The molecule has 0 atom stereocenters. The molecular weight excluding hydrogens is 244 g/mol. The van der Waals surface area contributed by atoms with Gasteiger partial charge in [0.05, 0.1) is 5.52 Å². The molecular formula is C18H24N2. The van der Waals surface area contributed by atoms with E-state index in [2.05, 4.69) is 47.6 Å². The van der Waals surface area contributed by atoms with Gasteiger partial charge < -0.3 is 5.32 Å². The molecule has 1 aromatic heterocycles. The molecule has 106 valence electrons. The van der Waals surface area contributed by atoms with E-state index in [1.807, 2.05) is 6.92 Å². The molecule has 1 heterocycles. The second kappa shape index (κ2) is 5.53. The Morgan fingerprint density at radius 2 is 2.05 bits per heavy atom. The molecule has 0 amide bonds. The summed E-state index contributed by atoms with van der Waals surface area (Å²) in [6.45, 7) is 6.49. The Bertz CT molecular complexity index is 594. The molecule has 1 aliphatic carbocycles. The molecule has 2 nitrogen and oxygen atoms in total. The summed E-state index contributed by atoms with van der Waals surface area (Å²) in [5.74, 6) is 0. The lowest BCUT2D eigenvalue weighted by Gasteiger charge is -2.41. The normalized spacial score (nSPS) is 17.1. The van der Waals surface area contributed by atoms with Crippen molar-refractivity contribution >= 4 is 10.9 Å². The second-order valence-corrected chi connectivity index (χ2v) is 6.29. The van der Waals surface area contributed by atoms with Gasteiger partial charge in [0.25, 0.3) is 0 Å². The molecule has 0 unspecified atom stereocenters. The fourth-order valence-electron chi connectivity index (χ4n) is 3.19. The molecule has 0 aliphatic heterocycles. The quantitative estimate of drug-likeness (QED) is 0.878. The number of rotatable bonds is 5. The predicted octanol–water partition coefficient (Wildman–Crippen LogP) is 4.21. The first-order valence-electron chi connectivity index (χ1n) is 7.78. The van der Waals surface area contributed by atoms with Crippen molar-refractivity contribution in [1.82, 2.24) is 10.3 Å². The molecule has 1 N–H and O–H groups in total. The second-order valence-electron chi connectivity index (χ2n) is 6.29. The van der Waals surface area contributed by atoms with Crippen molar-refractivity contribution in [2.24, 2.45) is 5.41 Å². The van der Waals surface area contributed by atoms with Crippen molar-refractivity contribution in [3.63, 3.8) is 0 Å². The lowest BCUT2D eigenvalue weighted by molar-refractivity contribution is 0.124. The molecule has 2 aromatic rings. The fraction of sp³-hybridized carbons (Fsp3) is 0.500. The van der Waals surface area contributed by atoms with E-state index in [1.165, 1.54) is 36.6 Å². The number of aromatic nitrogens is 1. The first-order valence-corrected chi connectivity index (χ1v) is 7.78. The third-order valence-electron chi connectivity index (χ3n) is 4.89. The molecule has 3 rings (SSSR count). The topological polar surface area (TPSA) is 24.9 Å². The summed E-state index contributed by atoms with van der Waals surface area (Å²) in [4.78, 5) is 4.55. The molecule has 0 spiro atoms. The minimum absolute atomic E-state index is 0.593. The third-order valence-corrected chi connectivity index (χ3v) is 4.89. The average Bonchev–Trinajstić information content (AvgIpc) is 2.42. The van der Waals surface area contributed by atoms with Gasteiger partial charge in [-0.2, -0.15) is 0 Å². The highest BCUT2D eigenvalue weighted by Gasteiger charge is 2.34. The van der Waals surface area contributed by atoms with Crippen LogP contribution in [-0.4, -0.2) is 11.5 Å². The van der Waals surface area contributed by atoms with E-state index in [0.717, 1.165) is 24.3 Å². The molecule has 0 bridgehead atoms. The zero-order valence-electron chi connectivity index (χ0n) is 12.6. The maximum Gasteiger partial charge on any atom is 0.0705 e. The van der Waals surface area contributed by atoms with Crippen LogP contribution in [0.15, 0.2) is 30.3 Å². The van der Waals surface area contributed by atoms with Crippen LogP contribution >= 0.6 is 0 Å². The number of benzene rings is 1. The van der Waals surface area contributed by atoms with Crippen LogP contribution in [0.4, 0.5) is 0 Å². The molecule has 1 saturated carbocycles. The summed E-state index contributed by atoms with van der Waals surface area (Å²) in [6.07, 6.45) is 5.52. The lowest BCUT2D eigenvalue weighted by atomic mass is 9.67. The van der Waals surface area contributed by atoms with Gasteiger partial charge in [-0.3, -0.25) is 4.98 Å². The molecule has 0 radical (unpaired) electrons. The van der Waals surface area contributed by atoms with Crippen LogP contribution in [0, 0.1) is 12.3 Å². The van der Waals surface area contributed by atoms with Crippen molar-refractivity contribution in [2.75, 3.05) is 6.54 Å². The molecule has 0 saturated heterocycles. The van der Waals surface area contributed by atoms with Gasteiger partial charge in [0.1, 0.15) is 0 Å². The standard InChI is InChI=1S/C18H24N2/c1-3-18(9-4-10-18)13-19-12-15-6-8-17-16(11-15)7-5-14(2)20-17/h5-8,11,19H,3-4,9-10,12-13H2,1-2H3. The molecule has 1 aliphatic rings. The number of nitrogens with one attached hydrogen (secondary N) is 1. The molecule has 1 aromatic carbocycles. The minimum atomic E-state index is 0.593. The summed E-state index contributed by atoms with van der Waals surface area (Å²) in [5.41, 5.74) is 4.12. The van der Waals surface area contributed by atoms with E-state index in [1.54, 1.807) is 0 Å². The zero-order chi connectivity index (χ0) is 14.0. The van der Waals surface area contributed by atoms with Gasteiger partial charge in [-0.05, 0) is 55.4 Å². The summed E-state index contributed by atoms with van der Waals surface area (Å²) in [7, 11) is 0. The number of pyridine rings is 1. The highest BCUT2D eigenvalue weighted by molar-refractivity contribution is 5.79. The Hall–Kier alpha value is -1.41. The Morgan fingerprint density at radius 1 is 1.20 bits per heavy atom. The molecule has 2 heteroatoms. The van der Waals surface area contributed by atoms with Gasteiger partial charge in [0.15, 0.2) is 0 Å². The number of fused-ring (bicyclic) bond motifs is 1. The van der Waals surface area contributed by atoms with Crippen molar-refractivity contribution in [3.8, 4) is 0 Å². The van der Waals surface area contributed by atoms with E-state index in [0.29, 0.717) is 5.41 Å². The van der Waals surface area contributed by atoms with Crippen molar-refractivity contribution in [1.29, 1.82) is 0 Å². The number of nitrogens with zero attached hydrogens (tertiary/aromatic N) is 1. The van der Waals surface area contributed by atoms with Crippen LogP contribution in [0.1, 0.15) is 43.9 Å². The van der Waals surface area contributed by atoms with Gasteiger partial charge >= 0.3 is 0 Å². The first-order chi connectivity index (χ1) is 9.71. The van der Waals surface area contributed by atoms with Crippen molar-refractivity contribution in [2.45, 2.75) is 46.1 Å². The van der Waals surface area contributed by atoms with Crippen LogP contribution in [0.25, 0.3) is 10.9 Å². The van der Waals surface area contributed by atoms with Gasteiger partial charge in [0, 0.05) is 24.2 Å².